The highest BCUT2D eigenvalue weighted by molar-refractivity contribution is 5.85. The first-order chi connectivity index (χ1) is 9.52. The highest BCUT2D eigenvalue weighted by atomic mass is 19.1. The van der Waals surface area contributed by atoms with Gasteiger partial charge >= 0.3 is 5.97 Å². The summed E-state index contributed by atoms with van der Waals surface area (Å²) in [6, 6.07) is 4.29. The lowest BCUT2D eigenvalue weighted by molar-refractivity contribution is -0.131. The van der Waals surface area contributed by atoms with Crippen molar-refractivity contribution in [2.45, 2.75) is 0 Å². The van der Waals surface area contributed by atoms with Gasteiger partial charge in [0.05, 0.1) is 6.20 Å². The Balaban J connectivity index is 2.21. The Labute approximate surface area is 113 Å². The highest BCUT2D eigenvalue weighted by Gasteiger charge is 2.04. The minimum absolute atomic E-state index is 0.0105. The molecule has 0 bridgehead atoms. The Morgan fingerprint density at radius 2 is 1.80 bits per heavy atom. The highest BCUT2D eigenvalue weighted by Crippen LogP contribution is 2.23. The SMILES string of the molecule is O=C(O)/C=C/c1cncc(Oc2cc(F)cc(F)c2)c1. The summed E-state index contributed by atoms with van der Waals surface area (Å²) in [6.07, 6.45) is 5.05. The number of pyridine rings is 1. The number of aromatic nitrogens is 1. The monoisotopic (exact) mass is 277 g/mol. The number of halogens is 2. The Hall–Kier alpha value is -2.76. The van der Waals surface area contributed by atoms with Crippen molar-refractivity contribution in [1.29, 1.82) is 0 Å². The molecular formula is C14H9F2NO3. The number of hydrogen-bond donors (Lipinski definition) is 1. The van der Waals surface area contributed by atoms with E-state index < -0.39 is 17.6 Å². The second-order valence-electron chi connectivity index (χ2n) is 3.83. The predicted molar refractivity (Wildman–Crippen MR) is 67.3 cm³/mol. The van der Waals surface area contributed by atoms with Gasteiger partial charge in [-0.2, -0.15) is 0 Å². The van der Waals surface area contributed by atoms with Gasteiger partial charge in [-0.05, 0) is 17.7 Å². The number of nitrogens with zero attached hydrogens (tertiary/aromatic N) is 1. The summed E-state index contributed by atoms with van der Waals surface area (Å²) in [4.78, 5) is 14.2. The van der Waals surface area contributed by atoms with E-state index in [1.807, 2.05) is 0 Å². The molecule has 1 aromatic heterocycles. The molecule has 102 valence electrons. The van der Waals surface area contributed by atoms with Gasteiger partial charge in [-0.1, -0.05) is 0 Å². The van der Waals surface area contributed by atoms with Crippen molar-refractivity contribution in [2.24, 2.45) is 0 Å². The summed E-state index contributed by atoms with van der Waals surface area (Å²) >= 11 is 0. The Bertz CT molecular complexity index is 651. The molecule has 0 aliphatic rings. The second-order valence-corrected chi connectivity index (χ2v) is 3.83. The van der Waals surface area contributed by atoms with Crippen molar-refractivity contribution in [3.8, 4) is 11.5 Å². The first-order valence-corrected chi connectivity index (χ1v) is 5.53. The maximum Gasteiger partial charge on any atom is 0.328 e. The van der Waals surface area contributed by atoms with Crippen molar-refractivity contribution in [3.05, 3.63) is 59.9 Å². The molecule has 0 unspecified atom stereocenters. The van der Waals surface area contributed by atoms with Gasteiger partial charge in [0.2, 0.25) is 0 Å². The first-order valence-electron chi connectivity index (χ1n) is 5.53. The van der Waals surface area contributed by atoms with Gasteiger partial charge in [-0.3, -0.25) is 4.98 Å². The molecule has 4 nitrogen and oxygen atoms in total. The molecule has 0 aliphatic carbocycles. The van der Waals surface area contributed by atoms with E-state index in [-0.39, 0.29) is 11.5 Å². The molecule has 0 radical (unpaired) electrons. The lowest BCUT2D eigenvalue weighted by Crippen LogP contribution is -1.90. The summed E-state index contributed by atoms with van der Waals surface area (Å²) in [5.41, 5.74) is 0.488. The number of ether oxygens (including phenoxy) is 1. The number of carbonyl (C=O) groups is 1. The minimum atomic E-state index is -1.09. The van der Waals surface area contributed by atoms with Crippen LogP contribution < -0.4 is 4.74 Å². The maximum atomic E-state index is 13.0. The fourth-order valence-corrected chi connectivity index (χ4v) is 1.47. The van der Waals surface area contributed by atoms with Gasteiger partial charge in [0.25, 0.3) is 0 Å². The average Bonchev–Trinajstić information content (AvgIpc) is 2.35. The average molecular weight is 277 g/mol. The number of carboxylic acids is 1. The van der Waals surface area contributed by atoms with Crippen molar-refractivity contribution >= 4 is 12.0 Å². The van der Waals surface area contributed by atoms with E-state index in [2.05, 4.69) is 4.98 Å². The van der Waals surface area contributed by atoms with Gasteiger partial charge < -0.3 is 9.84 Å². The molecule has 0 spiro atoms. The van der Waals surface area contributed by atoms with Gasteiger partial charge in [0.1, 0.15) is 23.1 Å². The zero-order valence-corrected chi connectivity index (χ0v) is 10.1. The topological polar surface area (TPSA) is 59.4 Å². The summed E-state index contributed by atoms with van der Waals surface area (Å²) in [5, 5.41) is 8.52. The molecule has 0 saturated heterocycles. The van der Waals surface area contributed by atoms with Crippen LogP contribution in [0.25, 0.3) is 6.08 Å². The molecule has 2 rings (SSSR count). The van der Waals surface area contributed by atoms with Gasteiger partial charge in [0.15, 0.2) is 0 Å². The van der Waals surface area contributed by atoms with E-state index >= 15 is 0 Å². The van der Waals surface area contributed by atoms with E-state index in [0.29, 0.717) is 5.56 Å². The smallest absolute Gasteiger partial charge is 0.328 e. The Morgan fingerprint density at radius 3 is 2.45 bits per heavy atom. The van der Waals surface area contributed by atoms with Gasteiger partial charge in [0, 0.05) is 30.5 Å². The zero-order chi connectivity index (χ0) is 14.5. The molecule has 0 aliphatic heterocycles. The van der Waals surface area contributed by atoms with Crippen LogP contribution in [0.5, 0.6) is 11.5 Å². The number of carboxylic acid groups (broad SMARTS) is 1. The fraction of sp³-hybridized carbons (Fsp3) is 0. The number of rotatable bonds is 4. The number of benzene rings is 1. The van der Waals surface area contributed by atoms with Crippen LogP contribution in [0.4, 0.5) is 8.78 Å². The molecule has 0 saturated carbocycles. The summed E-state index contributed by atoms with van der Waals surface area (Å²) < 4.78 is 31.3. The van der Waals surface area contributed by atoms with Crippen LogP contribution in [-0.2, 0) is 4.79 Å². The molecule has 0 amide bonds. The quantitative estimate of drug-likeness (QED) is 0.871. The largest absolute Gasteiger partial charge is 0.478 e. The van der Waals surface area contributed by atoms with Crippen molar-refractivity contribution in [2.75, 3.05) is 0 Å². The Morgan fingerprint density at radius 1 is 1.10 bits per heavy atom. The minimum Gasteiger partial charge on any atom is -0.478 e. The molecule has 20 heavy (non-hydrogen) atoms. The molecule has 0 atom stereocenters. The third-order valence-electron chi connectivity index (χ3n) is 2.22. The fourth-order valence-electron chi connectivity index (χ4n) is 1.47. The van der Waals surface area contributed by atoms with Crippen LogP contribution in [0.15, 0.2) is 42.7 Å². The van der Waals surface area contributed by atoms with Gasteiger partial charge in [-0.15, -0.1) is 0 Å². The van der Waals surface area contributed by atoms with Gasteiger partial charge in [-0.25, -0.2) is 13.6 Å². The van der Waals surface area contributed by atoms with E-state index in [1.165, 1.54) is 24.5 Å². The van der Waals surface area contributed by atoms with Crippen LogP contribution >= 0.6 is 0 Å². The van der Waals surface area contributed by atoms with Crippen LogP contribution in [0.3, 0.4) is 0 Å². The van der Waals surface area contributed by atoms with E-state index in [9.17, 15) is 13.6 Å². The van der Waals surface area contributed by atoms with E-state index in [1.54, 1.807) is 0 Å². The molecule has 1 N–H and O–H groups in total. The molecule has 0 fully saturated rings. The van der Waals surface area contributed by atoms with Crippen molar-refractivity contribution in [1.82, 2.24) is 4.98 Å². The van der Waals surface area contributed by atoms with Crippen LogP contribution in [0, 0.1) is 11.6 Å². The third-order valence-corrected chi connectivity index (χ3v) is 2.22. The summed E-state index contributed by atoms with van der Waals surface area (Å²) in [7, 11) is 0. The molecular weight excluding hydrogens is 268 g/mol. The van der Waals surface area contributed by atoms with E-state index in [0.717, 1.165) is 24.3 Å². The van der Waals surface area contributed by atoms with E-state index in [4.69, 9.17) is 9.84 Å². The lowest BCUT2D eigenvalue weighted by atomic mass is 10.2. The number of hydrogen-bond acceptors (Lipinski definition) is 3. The predicted octanol–water partition coefficient (Wildman–Crippen LogP) is 3.25. The normalized spacial score (nSPS) is 10.7. The molecule has 6 heteroatoms. The third kappa shape index (κ3) is 3.88. The van der Waals surface area contributed by atoms with Crippen LogP contribution in [0.1, 0.15) is 5.56 Å². The zero-order valence-electron chi connectivity index (χ0n) is 10.1. The van der Waals surface area contributed by atoms with Crippen molar-refractivity contribution < 1.29 is 23.4 Å². The standard InChI is InChI=1S/C14H9F2NO3/c15-10-4-11(16)6-12(5-10)20-13-3-9(7-17-8-13)1-2-14(18)19/h1-8H,(H,18,19)/b2-1+. The molecule has 2 aromatic rings. The molecule has 1 heterocycles. The summed E-state index contributed by atoms with van der Waals surface area (Å²) in [5.74, 6) is -2.38. The second kappa shape index (κ2) is 5.92. The maximum absolute atomic E-state index is 13.0. The molecule has 1 aromatic carbocycles. The Kier molecular flexibility index (Phi) is 4.05. The number of aliphatic carboxylic acids is 1. The summed E-state index contributed by atoms with van der Waals surface area (Å²) in [6.45, 7) is 0. The first kappa shape index (κ1) is 13.7. The lowest BCUT2D eigenvalue weighted by Gasteiger charge is -2.06. The van der Waals surface area contributed by atoms with Crippen LogP contribution in [0.2, 0.25) is 0 Å². The van der Waals surface area contributed by atoms with Crippen LogP contribution in [-0.4, -0.2) is 16.1 Å². The van der Waals surface area contributed by atoms with Crippen molar-refractivity contribution in [3.63, 3.8) is 0 Å².